The largest absolute Gasteiger partial charge is 0.395 e. The quantitative estimate of drug-likeness (QED) is 0.746. The molecular formula is C13H12N2O. The predicted octanol–water partition coefficient (Wildman–Crippen LogP) is 1.81. The topological polar surface area (TPSA) is 48.9 Å². The van der Waals surface area contributed by atoms with E-state index in [0.717, 1.165) is 16.8 Å². The first-order chi connectivity index (χ1) is 7.92. The van der Waals surface area contributed by atoms with Gasteiger partial charge in [-0.1, -0.05) is 42.2 Å². The van der Waals surface area contributed by atoms with E-state index in [0.29, 0.717) is 6.42 Å². The lowest BCUT2D eigenvalue weighted by Gasteiger charge is -1.96. The van der Waals surface area contributed by atoms with E-state index < -0.39 is 0 Å². The molecule has 0 aliphatic heterocycles. The van der Waals surface area contributed by atoms with Crippen molar-refractivity contribution in [1.29, 1.82) is 0 Å². The molecule has 0 fully saturated rings. The second-order valence-corrected chi connectivity index (χ2v) is 3.30. The van der Waals surface area contributed by atoms with Gasteiger partial charge in [0, 0.05) is 12.0 Å². The third kappa shape index (κ3) is 2.30. The van der Waals surface area contributed by atoms with Gasteiger partial charge in [-0.15, -0.1) is 0 Å². The summed E-state index contributed by atoms with van der Waals surface area (Å²) in [6, 6.07) is 9.93. The Morgan fingerprint density at radius 1 is 1.25 bits per heavy atom. The van der Waals surface area contributed by atoms with Crippen molar-refractivity contribution in [3.63, 3.8) is 0 Å². The molecule has 0 atom stereocenters. The molecule has 0 saturated carbocycles. The Kier molecular flexibility index (Phi) is 3.37. The number of aliphatic hydroxyl groups excluding tert-OH is 1. The van der Waals surface area contributed by atoms with Gasteiger partial charge < -0.3 is 5.11 Å². The zero-order chi connectivity index (χ0) is 11.2. The van der Waals surface area contributed by atoms with E-state index in [4.69, 9.17) is 5.11 Å². The first-order valence-corrected chi connectivity index (χ1v) is 5.10. The van der Waals surface area contributed by atoms with E-state index in [1.54, 1.807) is 6.20 Å². The minimum atomic E-state index is 0.0888. The molecule has 2 N–H and O–H groups in total. The van der Waals surface area contributed by atoms with Gasteiger partial charge in [0.25, 0.3) is 0 Å². The Labute approximate surface area is 94.1 Å². The summed E-state index contributed by atoms with van der Waals surface area (Å²) in [5, 5.41) is 15.6. The zero-order valence-corrected chi connectivity index (χ0v) is 8.77. The highest BCUT2D eigenvalue weighted by Gasteiger charge is 2.03. The Morgan fingerprint density at radius 3 is 2.81 bits per heavy atom. The van der Waals surface area contributed by atoms with Gasteiger partial charge in [-0.2, -0.15) is 5.10 Å². The van der Waals surface area contributed by atoms with Gasteiger partial charge in [0.2, 0.25) is 0 Å². The minimum absolute atomic E-state index is 0.0888. The minimum Gasteiger partial charge on any atom is -0.395 e. The Morgan fingerprint density at radius 2 is 2.06 bits per heavy atom. The first-order valence-electron chi connectivity index (χ1n) is 5.10. The highest BCUT2D eigenvalue weighted by Crippen LogP contribution is 2.19. The third-order valence-corrected chi connectivity index (χ3v) is 2.16. The molecule has 3 heteroatoms. The van der Waals surface area contributed by atoms with E-state index in [2.05, 4.69) is 22.0 Å². The number of nitrogens with one attached hydrogen (secondary N) is 1. The normalized spacial score (nSPS) is 9.56. The summed E-state index contributed by atoms with van der Waals surface area (Å²) < 4.78 is 0. The van der Waals surface area contributed by atoms with Crippen molar-refractivity contribution in [2.24, 2.45) is 0 Å². The summed E-state index contributed by atoms with van der Waals surface area (Å²) in [7, 11) is 0. The van der Waals surface area contributed by atoms with E-state index in [1.165, 1.54) is 0 Å². The van der Waals surface area contributed by atoms with Crippen LogP contribution in [0.4, 0.5) is 0 Å². The van der Waals surface area contributed by atoms with Gasteiger partial charge in [-0.3, -0.25) is 5.10 Å². The second-order valence-electron chi connectivity index (χ2n) is 3.30. The Bertz CT molecular complexity index is 505. The SMILES string of the molecule is OCCC#Cc1cn[nH]c1-c1ccccc1. The van der Waals surface area contributed by atoms with Gasteiger partial charge >= 0.3 is 0 Å². The van der Waals surface area contributed by atoms with Gasteiger partial charge in [0.1, 0.15) is 0 Å². The standard InChI is InChI=1S/C13H12N2O/c16-9-5-4-8-12-10-14-15-13(12)11-6-2-1-3-7-11/h1-3,6-7,10,16H,5,9H2,(H,14,15). The number of hydrogen-bond donors (Lipinski definition) is 2. The lowest BCUT2D eigenvalue weighted by Crippen LogP contribution is -1.81. The van der Waals surface area contributed by atoms with Crippen LogP contribution in [0.1, 0.15) is 12.0 Å². The molecule has 0 unspecified atom stereocenters. The van der Waals surface area contributed by atoms with E-state index in [1.807, 2.05) is 30.3 Å². The Hall–Kier alpha value is -2.05. The van der Waals surface area contributed by atoms with Crippen LogP contribution in [-0.4, -0.2) is 21.9 Å². The van der Waals surface area contributed by atoms with Gasteiger partial charge in [0.15, 0.2) is 0 Å². The molecule has 80 valence electrons. The van der Waals surface area contributed by atoms with E-state index >= 15 is 0 Å². The summed E-state index contributed by atoms with van der Waals surface area (Å²) in [6.45, 7) is 0.0888. The maximum absolute atomic E-state index is 8.66. The number of aromatic nitrogens is 2. The summed E-state index contributed by atoms with van der Waals surface area (Å²) in [5.41, 5.74) is 2.85. The van der Waals surface area contributed by atoms with Crippen molar-refractivity contribution >= 4 is 0 Å². The molecule has 2 aromatic rings. The molecule has 1 heterocycles. The number of aromatic amines is 1. The van der Waals surface area contributed by atoms with E-state index in [9.17, 15) is 0 Å². The van der Waals surface area contributed by atoms with Crippen LogP contribution in [0.2, 0.25) is 0 Å². The van der Waals surface area contributed by atoms with Crippen molar-refractivity contribution in [2.75, 3.05) is 6.61 Å². The Balaban J connectivity index is 2.31. The highest BCUT2D eigenvalue weighted by atomic mass is 16.2. The van der Waals surface area contributed by atoms with Crippen LogP contribution in [0.15, 0.2) is 36.5 Å². The number of nitrogens with zero attached hydrogens (tertiary/aromatic N) is 1. The monoisotopic (exact) mass is 212 g/mol. The van der Waals surface area contributed by atoms with Crippen LogP contribution >= 0.6 is 0 Å². The number of benzene rings is 1. The average Bonchev–Trinajstić information content (AvgIpc) is 2.79. The fraction of sp³-hybridized carbons (Fsp3) is 0.154. The number of hydrogen-bond acceptors (Lipinski definition) is 2. The molecule has 1 aromatic carbocycles. The molecule has 0 radical (unpaired) electrons. The molecule has 16 heavy (non-hydrogen) atoms. The van der Waals surface area contributed by atoms with Crippen LogP contribution in [0.25, 0.3) is 11.3 Å². The van der Waals surface area contributed by atoms with E-state index in [-0.39, 0.29) is 6.61 Å². The molecule has 0 aliphatic carbocycles. The third-order valence-electron chi connectivity index (χ3n) is 2.16. The summed E-state index contributed by atoms with van der Waals surface area (Å²) in [4.78, 5) is 0. The summed E-state index contributed by atoms with van der Waals surface area (Å²) in [5.74, 6) is 5.88. The molecule has 0 saturated heterocycles. The average molecular weight is 212 g/mol. The number of H-pyrrole nitrogens is 1. The van der Waals surface area contributed by atoms with Crippen LogP contribution in [0.5, 0.6) is 0 Å². The van der Waals surface area contributed by atoms with Crippen molar-refractivity contribution in [1.82, 2.24) is 10.2 Å². The molecule has 1 aromatic heterocycles. The fourth-order valence-corrected chi connectivity index (χ4v) is 1.42. The predicted molar refractivity (Wildman–Crippen MR) is 62.6 cm³/mol. The van der Waals surface area contributed by atoms with Crippen molar-refractivity contribution in [3.05, 3.63) is 42.1 Å². The highest BCUT2D eigenvalue weighted by molar-refractivity contribution is 5.66. The molecule has 2 rings (SSSR count). The fourth-order valence-electron chi connectivity index (χ4n) is 1.42. The van der Waals surface area contributed by atoms with Gasteiger partial charge in [-0.25, -0.2) is 0 Å². The zero-order valence-electron chi connectivity index (χ0n) is 8.77. The lowest BCUT2D eigenvalue weighted by atomic mass is 10.1. The van der Waals surface area contributed by atoms with Gasteiger partial charge in [-0.05, 0) is 0 Å². The second kappa shape index (κ2) is 5.15. The molecule has 0 amide bonds. The van der Waals surface area contributed by atoms with Crippen LogP contribution in [-0.2, 0) is 0 Å². The smallest absolute Gasteiger partial charge is 0.0806 e. The van der Waals surface area contributed by atoms with Crippen molar-refractivity contribution in [3.8, 4) is 23.1 Å². The number of aliphatic hydroxyl groups is 1. The number of rotatable bonds is 2. The maximum atomic E-state index is 8.66. The maximum Gasteiger partial charge on any atom is 0.0806 e. The van der Waals surface area contributed by atoms with Crippen LogP contribution in [0.3, 0.4) is 0 Å². The van der Waals surface area contributed by atoms with Crippen molar-refractivity contribution in [2.45, 2.75) is 6.42 Å². The van der Waals surface area contributed by atoms with Crippen LogP contribution < -0.4 is 0 Å². The molecule has 0 aliphatic rings. The van der Waals surface area contributed by atoms with Crippen LogP contribution in [0, 0.1) is 11.8 Å². The van der Waals surface area contributed by atoms with Crippen molar-refractivity contribution < 1.29 is 5.11 Å². The molecule has 3 nitrogen and oxygen atoms in total. The molecular weight excluding hydrogens is 200 g/mol. The molecule has 0 bridgehead atoms. The molecule has 0 spiro atoms. The lowest BCUT2D eigenvalue weighted by molar-refractivity contribution is 0.305. The summed E-state index contributed by atoms with van der Waals surface area (Å²) >= 11 is 0. The van der Waals surface area contributed by atoms with Gasteiger partial charge in [0.05, 0.1) is 24.1 Å². The summed E-state index contributed by atoms with van der Waals surface area (Å²) in [6.07, 6.45) is 2.19. The first kappa shape index (κ1) is 10.5.